The number of nitrogens with zero attached hydrogens (tertiary/aromatic N) is 3. The summed E-state index contributed by atoms with van der Waals surface area (Å²) in [6.07, 6.45) is 34.6. The molecule has 3 N–H and O–H groups in total. The SMILES string of the molecule is C.CC1=C2C[C@H]3[C@@H](CC[C@H]4CC(=O)/C(=C\O)C[C@@]43C)[C@@H]2CC[C@@]2(C1)O[C@@H]1C[C@H](C)CN(C(=O)OCc3ccccc3)[C@H]1[C@H]2C.CC1=C2C[C@H]3[C@@H](CC[C@H]4CC(=O)CC[C@@]43C)[C@@H]2CC[C@@]2(C1)O[C@@H]1C[C@H](C)CN(C(=O)OCc3ccccc3)[C@H]1[C@H]2C.CC1=C2C[C@H]3[C@@H](CC[C@H]4Cc5[nH]ncc5C[C@@]43C)[C@@H]2CC[C@@]2(C1)O[C@@H]1C[C@H](C)CN[C@H]1[C@H]2C. The van der Waals surface area contributed by atoms with Gasteiger partial charge in [-0.05, 0) is 310 Å². The second kappa shape index (κ2) is 31.7. The number of aliphatic hydroxyl groups excluding tert-OH is 1. The van der Waals surface area contributed by atoms with Gasteiger partial charge >= 0.3 is 12.2 Å². The van der Waals surface area contributed by atoms with Crippen molar-refractivity contribution in [1.29, 1.82) is 0 Å². The van der Waals surface area contributed by atoms with Gasteiger partial charge in [0.25, 0.3) is 0 Å². The molecule has 2 aromatic carbocycles. The molecule has 1 aromatic heterocycles. The first kappa shape index (κ1) is 83.0. The number of carbonyl (C=O) groups excluding carboxylic acids is 4. The fraction of sp³-hybridized carbons (Fsp3) is 0.738. The minimum atomic E-state index is -0.251. The Kier molecular flexibility index (Phi) is 22.3. The zero-order valence-electron chi connectivity index (χ0n) is 73.1. The number of fused-ring (bicyclic) bond motifs is 19. The van der Waals surface area contributed by atoms with Gasteiger partial charge in [0, 0.05) is 67.4 Å². The number of aromatic nitrogens is 2. The predicted octanol–water partition coefficient (Wildman–Crippen LogP) is 21.6. The van der Waals surface area contributed by atoms with Gasteiger partial charge in [0.2, 0.25) is 0 Å². The van der Waals surface area contributed by atoms with Crippen LogP contribution in [0.15, 0.2) is 112 Å². The van der Waals surface area contributed by atoms with Crippen molar-refractivity contribution in [2.24, 2.45) is 123 Å². The van der Waals surface area contributed by atoms with Crippen LogP contribution in [0.4, 0.5) is 9.59 Å². The first-order chi connectivity index (χ1) is 56.2. The predicted molar refractivity (Wildman–Crippen MR) is 462 cm³/mol. The van der Waals surface area contributed by atoms with E-state index in [1.165, 1.54) is 107 Å². The molecule has 2 amide bonds. The Morgan fingerprint density at radius 3 is 1.46 bits per heavy atom. The van der Waals surface area contributed by atoms with Gasteiger partial charge in [-0.3, -0.25) is 14.7 Å². The molecule has 118 heavy (non-hydrogen) atoms. The lowest BCUT2D eigenvalue weighted by atomic mass is 9.51. The lowest BCUT2D eigenvalue weighted by molar-refractivity contribution is -0.130. The molecule has 14 fully saturated rings. The maximum Gasteiger partial charge on any atom is 0.410 e. The second-order valence-corrected chi connectivity index (χ2v) is 44.0. The molecule has 18 aliphatic rings. The van der Waals surface area contributed by atoms with E-state index in [9.17, 15) is 24.3 Å². The number of piperidine rings is 3. The summed E-state index contributed by atoms with van der Waals surface area (Å²) < 4.78 is 33.1. The molecule has 642 valence electrons. The van der Waals surface area contributed by atoms with Gasteiger partial charge in [-0.15, -0.1) is 0 Å². The summed E-state index contributed by atoms with van der Waals surface area (Å²) in [5.41, 5.74) is 16.1. The molecule has 15 heteroatoms. The number of nitrogens with one attached hydrogen (secondary N) is 2. The molecule has 7 heterocycles. The van der Waals surface area contributed by atoms with E-state index in [4.69, 9.17) is 23.7 Å². The number of ether oxygens (including phenoxy) is 5. The van der Waals surface area contributed by atoms with E-state index < -0.39 is 0 Å². The van der Waals surface area contributed by atoms with E-state index in [0.717, 1.165) is 162 Å². The van der Waals surface area contributed by atoms with Gasteiger partial charge in [-0.1, -0.05) is 164 Å². The van der Waals surface area contributed by atoms with Gasteiger partial charge in [-0.25, -0.2) is 9.59 Å². The smallest absolute Gasteiger partial charge is 0.410 e. The van der Waals surface area contributed by atoms with Crippen LogP contribution in [0.2, 0.25) is 0 Å². The molecule has 21 rings (SSSR count). The van der Waals surface area contributed by atoms with Crippen molar-refractivity contribution in [3.63, 3.8) is 0 Å². The first-order valence-corrected chi connectivity index (χ1v) is 47.4. The fourth-order valence-electron chi connectivity index (χ4n) is 31.8. The molecule has 0 unspecified atom stereocenters. The molecule has 0 radical (unpaired) electrons. The molecular weight excluding hydrogens is 1470 g/mol. The Hall–Kier alpha value is -5.87. The van der Waals surface area contributed by atoms with Crippen LogP contribution in [-0.2, 0) is 59.3 Å². The third-order valence-corrected chi connectivity index (χ3v) is 38.0. The van der Waals surface area contributed by atoms with E-state index in [2.05, 4.69) is 105 Å². The van der Waals surface area contributed by atoms with Crippen molar-refractivity contribution in [2.45, 2.75) is 337 Å². The van der Waals surface area contributed by atoms with Crippen LogP contribution in [0.5, 0.6) is 0 Å². The van der Waals surface area contributed by atoms with Crippen LogP contribution in [0.25, 0.3) is 0 Å². The van der Waals surface area contributed by atoms with E-state index in [-0.39, 0.29) is 83.7 Å². The minimum Gasteiger partial charge on any atom is -0.515 e. The minimum absolute atomic E-state index is 0. The Morgan fingerprint density at radius 2 is 0.966 bits per heavy atom. The van der Waals surface area contributed by atoms with Gasteiger partial charge < -0.3 is 43.9 Å². The quantitative estimate of drug-likeness (QED) is 0.128. The summed E-state index contributed by atoms with van der Waals surface area (Å²) in [7, 11) is 0. The fourth-order valence-corrected chi connectivity index (χ4v) is 31.8. The number of carbonyl (C=O) groups is 4. The number of hydrogen-bond acceptors (Lipinski definition) is 12. The number of likely N-dealkylation sites (tertiary alicyclic amines) is 2. The first-order valence-electron chi connectivity index (χ1n) is 47.4. The van der Waals surface area contributed by atoms with Crippen LogP contribution < -0.4 is 5.32 Å². The Morgan fingerprint density at radius 1 is 0.525 bits per heavy atom. The number of aliphatic hydroxyl groups is 1. The number of aromatic amines is 1. The Labute approximate surface area is 706 Å². The van der Waals surface area contributed by atoms with Crippen molar-refractivity contribution in [3.8, 4) is 0 Å². The van der Waals surface area contributed by atoms with Crippen LogP contribution in [0, 0.1) is 123 Å². The third kappa shape index (κ3) is 14.0. The van der Waals surface area contributed by atoms with Crippen LogP contribution >= 0.6 is 0 Å². The largest absolute Gasteiger partial charge is 0.515 e. The highest BCUT2D eigenvalue weighted by Gasteiger charge is 2.66. The normalized spacial score (nSPS) is 45.2. The zero-order chi connectivity index (χ0) is 81.1. The Bertz CT molecular complexity index is 4410. The summed E-state index contributed by atoms with van der Waals surface area (Å²) in [5, 5.41) is 21.4. The van der Waals surface area contributed by atoms with E-state index in [0.29, 0.717) is 107 Å². The summed E-state index contributed by atoms with van der Waals surface area (Å²) >= 11 is 0. The highest BCUT2D eigenvalue weighted by Crippen LogP contribution is 2.70. The molecule has 3 aromatic rings. The molecule has 3 spiro atoms. The van der Waals surface area contributed by atoms with E-state index in [1.54, 1.807) is 22.3 Å². The second-order valence-electron chi connectivity index (χ2n) is 44.0. The zero-order valence-corrected chi connectivity index (χ0v) is 73.1. The standard InChI is InChI=1S/C37H49NO5.C36H49NO4.C29H43N3O.CH4/c1-22-14-33-34(38(19-22)35(41)42-21-25-8-6-5-7-9-25)24(3)37(43-33)13-12-28-29-11-10-27-15-32(40)26(20-39)18-36(27,4)31(29)16-30(28)23(2)17-37;1-22-16-32-33(37(20-22)34(39)40-21-25-8-6-5-7-9-25)24(3)36(41-32)15-13-28-29-11-10-26-17-27(38)12-14-35(26,4)31(29)18-30(28)23(2)19-36;1-16-9-26-27(30-14-16)18(3)29(33-26)8-7-21-22-6-5-20-10-25-19(15-31-32-25)13-28(20,4)24(22)11-23(21)17(2)12-29;/h5-9,20,22,24,27-29,31,33-34,39H,10-19,21H2,1-4H3;5-9,22,24,26,28-29,31-33H,10-21H2,1-4H3;15-16,18,20-22,24,26-27,30H,5-14H2,1-4H3,(H,31,32);1H4/b26-20-;;;/t22-,24+,27-,28-,29-,31-,33+,34-,36-,37-;22-,24+,26-,28-,29-,31-,32+,33-,35-,36-;16-,18+,20-,21-,22-,24-,26+,27-,28-,29-;/m000./s1. The average molecular weight is 1610 g/mol. The van der Waals surface area contributed by atoms with Crippen molar-refractivity contribution < 1.29 is 48.0 Å². The van der Waals surface area contributed by atoms with Crippen LogP contribution in [0.1, 0.15) is 280 Å². The lowest BCUT2D eigenvalue weighted by Crippen LogP contribution is -2.54. The number of benzene rings is 2. The van der Waals surface area contributed by atoms with Crippen LogP contribution in [-0.4, -0.2) is 122 Å². The van der Waals surface area contributed by atoms with Crippen molar-refractivity contribution in [3.05, 3.63) is 135 Å². The van der Waals surface area contributed by atoms with Gasteiger partial charge in [0.15, 0.2) is 5.78 Å². The number of Topliss-reactive ketones (excluding diaryl/α,β-unsaturated/α-hetero) is 2. The van der Waals surface area contributed by atoms with Gasteiger partial charge in [0.1, 0.15) is 19.0 Å². The number of H-pyrrole nitrogens is 1. The summed E-state index contributed by atoms with van der Waals surface area (Å²) in [6, 6.07) is 20.6. The summed E-state index contributed by atoms with van der Waals surface area (Å²) in [6.45, 7) is 32.1. The molecule has 15 nitrogen and oxygen atoms in total. The molecule has 6 saturated heterocycles. The summed E-state index contributed by atoms with van der Waals surface area (Å²) in [5.74, 6) is 11.6. The number of hydrogen-bond donors (Lipinski definition) is 3. The van der Waals surface area contributed by atoms with Crippen LogP contribution in [0.3, 0.4) is 0 Å². The lowest BCUT2D eigenvalue weighted by Gasteiger charge is -2.52. The number of amides is 2. The molecular formula is C103H145N5O10. The molecule has 0 bridgehead atoms. The van der Waals surface area contributed by atoms with Gasteiger partial charge in [0.05, 0.1) is 59.7 Å². The molecule has 8 saturated carbocycles. The molecule has 30 atom stereocenters. The van der Waals surface area contributed by atoms with Crippen molar-refractivity contribution >= 4 is 23.8 Å². The highest BCUT2D eigenvalue weighted by molar-refractivity contribution is 5.96. The average Bonchev–Trinajstić information content (AvgIpc) is 1.56. The maximum absolute atomic E-state index is 13.5. The number of ketones is 2. The van der Waals surface area contributed by atoms with E-state index in [1.807, 2.05) is 76.0 Å². The number of rotatable bonds is 4. The highest BCUT2D eigenvalue weighted by atomic mass is 16.6. The Balaban J connectivity index is 0.000000122. The molecule has 6 aliphatic heterocycles. The third-order valence-electron chi connectivity index (χ3n) is 38.0. The van der Waals surface area contributed by atoms with Gasteiger partial charge in [-0.2, -0.15) is 5.10 Å². The topological polar surface area (TPSA) is 182 Å². The maximum atomic E-state index is 13.5. The van der Waals surface area contributed by atoms with E-state index >= 15 is 0 Å². The van der Waals surface area contributed by atoms with Crippen molar-refractivity contribution in [1.82, 2.24) is 25.3 Å². The number of allylic oxidation sites excluding steroid dienone is 4. The molecule has 12 aliphatic carbocycles. The summed E-state index contributed by atoms with van der Waals surface area (Å²) in [4.78, 5) is 56.0. The van der Waals surface area contributed by atoms with Crippen molar-refractivity contribution in [2.75, 3.05) is 19.6 Å². The monoisotopic (exact) mass is 1610 g/mol.